The average molecular weight is 475 g/mol. The molecule has 0 saturated heterocycles. The van der Waals surface area contributed by atoms with Gasteiger partial charge < -0.3 is 14.4 Å². The smallest absolute Gasteiger partial charge is 0.240 e. The second-order valence-electron chi connectivity index (χ2n) is 7.69. The van der Waals surface area contributed by atoms with Crippen LogP contribution < -0.4 is 9.47 Å². The molecule has 0 aliphatic rings. The maximum Gasteiger partial charge on any atom is 0.240 e. The van der Waals surface area contributed by atoms with E-state index in [9.17, 15) is 4.79 Å². The lowest BCUT2D eigenvalue weighted by molar-refractivity contribution is -0.128. The molecule has 1 atom stereocenters. The third-order valence-electron chi connectivity index (χ3n) is 5.28. The van der Waals surface area contributed by atoms with Crippen LogP contribution in [0.3, 0.4) is 0 Å². The number of amides is 1. The highest BCUT2D eigenvalue weighted by atomic mass is 32.2. The Kier molecular flexibility index (Phi) is 7.18. The van der Waals surface area contributed by atoms with Crippen molar-refractivity contribution in [3.05, 3.63) is 84.4 Å². The van der Waals surface area contributed by atoms with Crippen LogP contribution in [-0.4, -0.2) is 53.9 Å². The Hall–Kier alpha value is -3.78. The molecule has 1 amide bonds. The molecule has 7 nitrogen and oxygen atoms in total. The topological polar surface area (TPSA) is 69.5 Å². The number of hydrogen-bond acceptors (Lipinski definition) is 6. The van der Waals surface area contributed by atoms with Gasteiger partial charge in [-0.1, -0.05) is 72.4 Å². The van der Waals surface area contributed by atoms with Crippen LogP contribution in [0.15, 0.2) is 84.0 Å². The number of rotatable bonds is 8. The van der Waals surface area contributed by atoms with Gasteiger partial charge in [-0.25, -0.2) is 0 Å². The van der Waals surface area contributed by atoms with Gasteiger partial charge in [0.05, 0.1) is 19.9 Å². The van der Waals surface area contributed by atoms with E-state index in [1.54, 1.807) is 33.2 Å². The van der Waals surface area contributed by atoms with Gasteiger partial charge in [0.15, 0.2) is 22.5 Å². The highest BCUT2D eigenvalue weighted by Crippen LogP contribution is 2.39. The van der Waals surface area contributed by atoms with E-state index >= 15 is 0 Å². The molecule has 1 heterocycles. The van der Waals surface area contributed by atoms with E-state index in [0.29, 0.717) is 22.5 Å². The summed E-state index contributed by atoms with van der Waals surface area (Å²) in [4.78, 5) is 14.8. The Labute approximate surface area is 203 Å². The Morgan fingerprint density at radius 1 is 0.882 bits per heavy atom. The van der Waals surface area contributed by atoms with E-state index in [1.165, 1.54) is 11.8 Å². The molecule has 174 valence electrons. The quantitative estimate of drug-likeness (QED) is 0.339. The van der Waals surface area contributed by atoms with Crippen LogP contribution in [0.5, 0.6) is 11.5 Å². The van der Waals surface area contributed by atoms with Crippen LogP contribution in [0, 0.1) is 0 Å². The summed E-state index contributed by atoms with van der Waals surface area (Å²) in [7, 11) is 6.72. The molecule has 4 rings (SSSR count). The molecule has 0 spiro atoms. The fourth-order valence-corrected chi connectivity index (χ4v) is 4.75. The Morgan fingerprint density at radius 2 is 1.53 bits per heavy atom. The molecule has 0 unspecified atom stereocenters. The molecule has 8 heteroatoms. The van der Waals surface area contributed by atoms with E-state index in [0.717, 1.165) is 16.8 Å². The van der Waals surface area contributed by atoms with Crippen molar-refractivity contribution in [2.75, 3.05) is 28.3 Å². The second kappa shape index (κ2) is 10.4. The summed E-state index contributed by atoms with van der Waals surface area (Å²) in [5.41, 5.74) is 2.61. The molecule has 1 aromatic heterocycles. The van der Waals surface area contributed by atoms with Crippen molar-refractivity contribution in [2.24, 2.45) is 0 Å². The maximum absolute atomic E-state index is 13.2. The summed E-state index contributed by atoms with van der Waals surface area (Å²) < 4.78 is 12.9. The van der Waals surface area contributed by atoms with Crippen LogP contribution in [0.1, 0.15) is 10.8 Å². The highest BCUT2D eigenvalue weighted by molar-refractivity contribution is 8.00. The lowest BCUT2D eigenvalue weighted by Crippen LogP contribution is -2.27. The minimum absolute atomic E-state index is 0.0284. The number of thioether (sulfide) groups is 1. The van der Waals surface area contributed by atoms with Crippen LogP contribution in [0.4, 0.5) is 0 Å². The number of nitrogens with zero attached hydrogens (tertiary/aromatic N) is 4. The predicted molar refractivity (Wildman–Crippen MR) is 134 cm³/mol. The number of methoxy groups -OCH3 is 2. The van der Waals surface area contributed by atoms with Crippen molar-refractivity contribution < 1.29 is 14.3 Å². The normalized spacial score (nSPS) is 11.6. The van der Waals surface area contributed by atoms with Crippen LogP contribution in [0.25, 0.3) is 17.1 Å². The zero-order chi connectivity index (χ0) is 24.1. The van der Waals surface area contributed by atoms with Crippen molar-refractivity contribution in [1.82, 2.24) is 19.7 Å². The van der Waals surface area contributed by atoms with Crippen molar-refractivity contribution >= 4 is 17.7 Å². The van der Waals surface area contributed by atoms with Gasteiger partial charge in [0, 0.05) is 25.7 Å². The van der Waals surface area contributed by atoms with Crippen molar-refractivity contribution in [3.63, 3.8) is 0 Å². The van der Waals surface area contributed by atoms with Crippen LogP contribution in [0.2, 0.25) is 0 Å². The first kappa shape index (κ1) is 23.4. The minimum atomic E-state index is -0.483. The molecule has 4 aromatic rings. The fourth-order valence-electron chi connectivity index (χ4n) is 3.55. The molecule has 0 aliphatic carbocycles. The Balaban J connectivity index is 1.86. The number of likely N-dealkylation sites (N-methyl/N-ethyl adjacent to an activating group) is 1. The Bertz CT molecular complexity index is 1260. The average Bonchev–Trinajstić information content (AvgIpc) is 3.31. The van der Waals surface area contributed by atoms with Gasteiger partial charge in [0.2, 0.25) is 5.91 Å². The largest absolute Gasteiger partial charge is 0.493 e. The lowest BCUT2D eigenvalue weighted by atomic mass is 10.1. The van der Waals surface area contributed by atoms with Gasteiger partial charge in [0.1, 0.15) is 5.25 Å². The summed E-state index contributed by atoms with van der Waals surface area (Å²) in [6, 6.07) is 25.2. The van der Waals surface area contributed by atoms with Crippen molar-refractivity contribution in [1.29, 1.82) is 0 Å². The SMILES string of the molecule is COc1ccc(-n2c(S[C@@H](C(=O)N(C)C)c3ccccc3)nnc2-c2ccccc2)cc1OC. The number of carbonyl (C=O) groups excluding carboxylic acids is 1. The number of ether oxygens (including phenoxy) is 2. The first-order chi connectivity index (χ1) is 16.5. The zero-order valence-electron chi connectivity index (χ0n) is 19.5. The van der Waals surface area contributed by atoms with E-state index in [1.807, 2.05) is 83.4 Å². The molecule has 3 aromatic carbocycles. The van der Waals surface area contributed by atoms with Gasteiger partial charge >= 0.3 is 0 Å². The van der Waals surface area contributed by atoms with Crippen molar-refractivity contribution in [2.45, 2.75) is 10.4 Å². The molecule has 34 heavy (non-hydrogen) atoms. The molecule has 0 radical (unpaired) electrons. The minimum Gasteiger partial charge on any atom is -0.493 e. The monoisotopic (exact) mass is 474 g/mol. The zero-order valence-corrected chi connectivity index (χ0v) is 20.3. The number of benzene rings is 3. The summed E-state index contributed by atoms with van der Waals surface area (Å²) in [5.74, 6) is 1.85. The summed E-state index contributed by atoms with van der Waals surface area (Å²) in [5, 5.41) is 9.12. The molecule has 0 N–H and O–H groups in total. The maximum atomic E-state index is 13.2. The highest BCUT2D eigenvalue weighted by Gasteiger charge is 2.28. The van der Waals surface area contributed by atoms with E-state index in [-0.39, 0.29) is 5.91 Å². The third-order valence-corrected chi connectivity index (χ3v) is 6.47. The van der Waals surface area contributed by atoms with Crippen LogP contribution >= 0.6 is 11.8 Å². The third kappa shape index (κ3) is 4.77. The standard InChI is InChI=1S/C26H26N4O3S/c1-29(2)25(31)23(18-11-7-5-8-12-18)34-26-28-27-24(19-13-9-6-10-14-19)30(26)20-15-16-21(32-3)22(17-20)33-4/h5-17,23H,1-4H3/t23-/m1/s1. The van der Waals surface area contributed by atoms with Crippen LogP contribution in [-0.2, 0) is 4.79 Å². The first-order valence-electron chi connectivity index (χ1n) is 10.7. The summed E-state index contributed by atoms with van der Waals surface area (Å²) >= 11 is 1.36. The van der Waals surface area contributed by atoms with E-state index in [2.05, 4.69) is 10.2 Å². The molecular weight excluding hydrogens is 448 g/mol. The molecule has 0 bridgehead atoms. The number of carbonyl (C=O) groups is 1. The molecule has 0 aliphatic heterocycles. The summed E-state index contributed by atoms with van der Waals surface area (Å²) in [6.07, 6.45) is 0. The van der Waals surface area contributed by atoms with E-state index < -0.39 is 5.25 Å². The number of hydrogen-bond donors (Lipinski definition) is 0. The molecule has 0 fully saturated rings. The first-order valence-corrected chi connectivity index (χ1v) is 11.6. The van der Waals surface area contributed by atoms with E-state index in [4.69, 9.17) is 9.47 Å². The number of aromatic nitrogens is 3. The predicted octanol–water partition coefficient (Wildman–Crippen LogP) is 4.87. The second-order valence-corrected chi connectivity index (χ2v) is 8.76. The van der Waals surface area contributed by atoms with Gasteiger partial charge in [-0.3, -0.25) is 9.36 Å². The van der Waals surface area contributed by atoms with Crippen molar-refractivity contribution in [3.8, 4) is 28.6 Å². The lowest BCUT2D eigenvalue weighted by Gasteiger charge is -2.21. The van der Waals surface area contributed by atoms with Gasteiger partial charge in [-0.15, -0.1) is 10.2 Å². The summed E-state index contributed by atoms with van der Waals surface area (Å²) in [6.45, 7) is 0. The van der Waals surface area contributed by atoms with Gasteiger partial charge in [-0.2, -0.15) is 0 Å². The molecule has 0 saturated carbocycles. The van der Waals surface area contributed by atoms with Gasteiger partial charge in [-0.05, 0) is 17.7 Å². The Morgan fingerprint density at radius 3 is 2.15 bits per heavy atom. The fraction of sp³-hybridized carbons (Fsp3) is 0.192. The molecular formula is C26H26N4O3S. The van der Waals surface area contributed by atoms with Gasteiger partial charge in [0.25, 0.3) is 0 Å².